The maximum Gasteiger partial charge on any atom is 0.262 e. The lowest BCUT2D eigenvalue weighted by atomic mass is 10.2. The van der Waals surface area contributed by atoms with E-state index in [2.05, 4.69) is 5.32 Å². The molecule has 2 aromatic carbocycles. The van der Waals surface area contributed by atoms with E-state index in [0.717, 1.165) is 0 Å². The minimum atomic E-state index is -0.527. The third-order valence-electron chi connectivity index (χ3n) is 2.69. The zero-order valence-electron chi connectivity index (χ0n) is 11.4. The van der Waals surface area contributed by atoms with E-state index in [1.165, 1.54) is 18.2 Å². The van der Waals surface area contributed by atoms with Crippen molar-refractivity contribution in [2.24, 2.45) is 0 Å². The van der Waals surface area contributed by atoms with Gasteiger partial charge >= 0.3 is 0 Å². The van der Waals surface area contributed by atoms with Crippen LogP contribution in [0.15, 0.2) is 42.5 Å². The molecule has 0 aromatic heterocycles. The minimum Gasteiger partial charge on any atom is -0.497 e. The van der Waals surface area contributed by atoms with Crippen molar-refractivity contribution in [3.8, 4) is 11.5 Å². The maximum absolute atomic E-state index is 13.0. The van der Waals surface area contributed by atoms with Crippen LogP contribution >= 0.6 is 0 Å². The fraction of sp³-hybridized carbons (Fsp3) is 0.133. The number of amides is 1. The second-order valence-electron chi connectivity index (χ2n) is 4.25. The van der Waals surface area contributed by atoms with Crippen LogP contribution in [0.3, 0.4) is 0 Å². The Kier molecular flexibility index (Phi) is 4.61. The summed E-state index contributed by atoms with van der Waals surface area (Å²) in [5, 5.41) is 2.57. The summed E-state index contributed by atoms with van der Waals surface area (Å²) in [7, 11) is 1.55. The van der Waals surface area contributed by atoms with Crippen molar-refractivity contribution in [2.45, 2.75) is 0 Å². The average Bonchev–Trinajstić information content (AvgIpc) is 2.49. The van der Waals surface area contributed by atoms with Gasteiger partial charge in [-0.3, -0.25) is 4.79 Å². The second kappa shape index (κ2) is 6.60. The number of hydrogen-bond acceptors (Lipinski definition) is 4. The number of methoxy groups -OCH3 is 1. The molecule has 2 rings (SSSR count). The first-order valence-corrected chi connectivity index (χ1v) is 6.20. The molecule has 0 saturated carbocycles. The van der Waals surface area contributed by atoms with Crippen LogP contribution in [-0.2, 0) is 4.79 Å². The average molecular weight is 290 g/mol. The van der Waals surface area contributed by atoms with Crippen molar-refractivity contribution in [1.29, 1.82) is 0 Å². The molecule has 6 heteroatoms. The molecule has 1 amide bonds. The van der Waals surface area contributed by atoms with E-state index in [9.17, 15) is 9.18 Å². The SMILES string of the molecule is COc1cccc(OCC(=O)Nc2ccc(F)c(N)c2)c1. The van der Waals surface area contributed by atoms with Gasteiger partial charge in [0.25, 0.3) is 5.91 Å². The van der Waals surface area contributed by atoms with Gasteiger partial charge in [0.05, 0.1) is 12.8 Å². The first-order chi connectivity index (χ1) is 10.1. The van der Waals surface area contributed by atoms with Crippen molar-refractivity contribution in [1.82, 2.24) is 0 Å². The van der Waals surface area contributed by atoms with E-state index in [1.807, 2.05) is 0 Å². The molecule has 110 valence electrons. The zero-order valence-corrected chi connectivity index (χ0v) is 11.4. The van der Waals surface area contributed by atoms with E-state index in [0.29, 0.717) is 17.2 Å². The molecule has 0 aliphatic carbocycles. The Labute approximate surface area is 121 Å². The molecule has 0 spiro atoms. The number of halogens is 1. The lowest BCUT2D eigenvalue weighted by Gasteiger charge is -2.09. The number of nitrogen functional groups attached to an aromatic ring is 1. The molecule has 0 bridgehead atoms. The number of rotatable bonds is 5. The van der Waals surface area contributed by atoms with Crippen LogP contribution in [0.5, 0.6) is 11.5 Å². The molecule has 0 unspecified atom stereocenters. The highest BCUT2D eigenvalue weighted by atomic mass is 19.1. The number of nitrogens with two attached hydrogens (primary N) is 1. The van der Waals surface area contributed by atoms with Gasteiger partial charge in [0.15, 0.2) is 6.61 Å². The van der Waals surface area contributed by atoms with Crippen molar-refractivity contribution >= 4 is 17.3 Å². The first-order valence-electron chi connectivity index (χ1n) is 6.20. The Bertz CT molecular complexity index is 647. The molecule has 0 aliphatic heterocycles. The number of carbonyl (C=O) groups excluding carboxylic acids is 1. The first kappa shape index (κ1) is 14.6. The number of ether oxygens (including phenoxy) is 2. The van der Waals surface area contributed by atoms with Gasteiger partial charge < -0.3 is 20.5 Å². The molecular weight excluding hydrogens is 275 g/mol. The summed E-state index contributed by atoms with van der Waals surface area (Å²) < 4.78 is 23.4. The van der Waals surface area contributed by atoms with E-state index < -0.39 is 5.82 Å². The predicted molar refractivity (Wildman–Crippen MR) is 77.9 cm³/mol. The molecule has 0 atom stereocenters. The highest BCUT2D eigenvalue weighted by Crippen LogP contribution is 2.19. The van der Waals surface area contributed by atoms with Crippen molar-refractivity contribution in [3.05, 3.63) is 48.3 Å². The number of carbonyl (C=O) groups is 1. The zero-order chi connectivity index (χ0) is 15.2. The Balaban J connectivity index is 1.91. The molecule has 0 fully saturated rings. The fourth-order valence-corrected chi connectivity index (χ4v) is 1.66. The number of benzene rings is 2. The Morgan fingerprint density at radius 2 is 2.00 bits per heavy atom. The minimum absolute atomic E-state index is 0.0264. The van der Waals surface area contributed by atoms with E-state index in [1.54, 1.807) is 31.4 Å². The molecular formula is C15H15FN2O3. The van der Waals surface area contributed by atoms with Crippen LogP contribution in [0.2, 0.25) is 0 Å². The summed E-state index contributed by atoms with van der Waals surface area (Å²) in [6.07, 6.45) is 0. The van der Waals surface area contributed by atoms with Crippen LogP contribution in [0.25, 0.3) is 0 Å². The van der Waals surface area contributed by atoms with Gasteiger partial charge in [-0.15, -0.1) is 0 Å². The van der Waals surface area contributed by atoms with Gasteiger partial charge in [-0.2, -0.15) is 0 Å². The third-order valence-corrected chi connectivity index (χ3v) is 2.69. The van der Waals surface area contributed by atoms with E-state index in [-0.39, 0.29) is 18.2 Å². The Morgan fingerprint density at radius 1 is 1.24 bits per heavy atom. The standard InChI is InChI=1S/C15H15FN2O3/c1-20-11-3-2-4-12(8-11)21-9-15(19)18-10-5-6-13(16)14(17)7-10/h2-8H,9,17H2,1H3,(H,18,19). The lowest BCUT2D eigenvalue weighted by molar-refractivity contribution is -0.118. The normalized spacial score (nSPS) is 10.0. The molecule has 3 N–H and O–H groups in total. The van der Waals surface area contributed by atoms with E-state index in [4.69, 9.17) is 15.2 Å². The third kappa shape index (κ3) is 4.10. The molecule has 21 heavy (non-hydrogen) atoms. The van der Waals surface area contributed by atoms with Gasteiger partial charge in [0, 0.05) is 11.8 Å². The van der Waals surface area contributed by atoms with E-state index >= 15 is 0 Å². The monoisotopic (exact) mass is 290 g/mol. The van der Waals surface area contributed by atoms with Gasteiger partial charge in [0.2, 0.25) is 0 Å². The Morgan fingerprint density at radius 3 is 2.71 bits per heavy atom. The summed E-state index contributed by atoms with van der Waals surface area (Å²) >= 11 is 0. The topological polar surface area (TPSA) is 73.6 Å². The van der Waals surface area contributed by atoms with Crippen molar-refractivity contribution in [3.63, 3.8) is 0 Å². The maximum atomic E-state index is 13.0. The van der Waals surface area contributed by atoms with Gasteiger partial charge in [-0.25, -0.2) is 4.39 Å². The highest BCUT2D eigenvalue weighted by molar-refractivity contribution is 5.92. The number of anilines is 2. The summed E-state index contributed by atoms with van der Waals surface area (Å²) in [6, 6.07) is 10.9. The van der Waals surface area contributed by atoms with Gasteiger partial charge in [-0.05, 0) is 30.3 Å². The smallest absolute Gasteiger partial charge is 0.262 e. The van der Waals surface area contributed by atoms with Crippen molar-refractivity contribution < 1.29 is 18.7 Å². The molecule has 0 aliphatic rings. The van der Waals surface area contributed by atoms with Crippen LogP contribution in [0.4, 0.5) is 15.8 Å². The van der Waals surface area contributed by atoms with Crippen LogP contribution in [0.1, 0.15) is 0 Å². The molecule has 2 aromatic rings. The van der Waals surface area contributed by atoms with Crippen LogP contribution in [0, 0.1) is 5.82 Å². The quantitative estimate of drug-likeness (QED) is 0.829. The fourth-order valence-electron chi connectivity index (χ4n) is 1.66. The summed E-state index contributed by atoms with van der Waals surface area (Å²) in [4.78, 5) is 11.7. The molecule has 0 radical (unpaired) electrons. The largest absolute Gasteiger partial charge is 0.497 e. The Hall–Kier alpha value is -2.76. The summed E-state index contributed by atoms with van der Waals surface area (Å²) in [6.45, 7) is -0.176. The van der Waals surface area contributed by atoms with Crippen molar-refractivity contribution in [2.75, 3.05) is 24.8 Å². The van der Waals surface area contributed by atoms with Gasteiger partial charge in [0.1, 0.15) is 17.3 Å². The lowest BCUT2D eigenvalue weighted by Crippen LogP contribution is -2.20. The predicted octanol–water partition coefficient (Wildman–Crippen LogP) is 2.43. The molecule has 5 nitrogen and oxygen atoms in total. The number of hydrogen-bond donors (Lipinski definition) is 2. The van der Waals surface area contributed by atoms with Crippen LogP contribution in [-0.4, -0.2) is 19.6 Å². The highest BCUT2D eigenvalue weighted by Gasteiger charge is 2.06. The summed E-state index contributed by atoms with van der Waals surface area (Å²) in [5.74, 6) is 0.256. The molecule has 0 heterocycles. The van der Waals surface area contributed by atoms with Crippen LogP contribution < -0.4 is 20.5 Å². The summed E-state index contributed by atoms with van der Waals surface area (Å²) in [5.41, 5.74) is 5.81. The second-order valence-corrected chi connectivity index (χ2v) is 4.25. The number of nitrogens with one attached hydrogen (secondary N) is 1. The van der Waals surface area contributed by atoms with Gasteiger partial charge in [-0.1, -0.05) is 6.07 Å². The molecule has 0 saturated heterocycles.